The molecule has 0 aliphatic carbocycles. The zero-order chi connectivity index (χ0) is 17.6. The number of amides is 1. The van der Waals surface area contributed by atoms with Crippen molar-refractivity contribution in [2.75, 3.05) is 50.9 Å². The van der Waals surface area contributed by atoms with Crippen LogP contribution in [0.5, 0.6) is 0 Å². The fraction of sp³-hybridized carbons (Fsp3) is 0.412. The maximum Gasteiger partial charge on any atom is 0.377 e. The van der Waals surface area contributed by atoms with Crippen LogP contribution in [0, 0.1) is 5.82 Å². The lowest BCUT2D eigenvalue weighted by Crippen LogP contribution is -2.50. The number of halogens is 1. The molecule has 2 aliphatic rings. The largest absolute Gasteiger partial charge is 0.493 e. The third kappa shape index (κ3) is 4.40. The summed E-state index contributed by atoms with van der Waals surface area (Å²) < 4.78 is 28.0. The van der Waals surface area contributed by atoms with Crippen LogP contribution in [0.15, 0.2) is 36.3 Å². The van der Waals surface area contributed by atoms with Gasteiger partial charge in [-0.1, -0.05) is 0 Å². The molecule has 0 unspecified atom stereocenters. The van der Waals surface area contributed by atoms with Gasteiger partial charge in [0.15, 0.2) is 6.61 Å². The number of carbonyl (C=O) groups is 2. The van der Waals surface area contributed by atoms with E-state index in [4.69, 9.17) is 14.2 Å². The predicted molar refractivity (Wildman–Crippen MR) is 86.1 cm³/mol. The van der Waals surface area contributed by atoms with E-state index in [0.29, 0.717) is 32.8 Å². The average Bonchev–Trinajstić information content (AvgIpc) is 2.67. The summed E-state index contributed by atoms with van der Waals surface area (Å²) in [6.45, 7) is 2.61. The third-order valence-corrected chi connectivity index (χ3v) is 4.00. The fourth-order valence-corrected chi connectivity index (χ4v) is 2.63. The monoisotopic (exact) mass is 350 g/mol. The summed E-state index contributed by atoms with van der Waals surface area (Å²) in [5.41, 5.74) is 0.918. The maximum absolute atomic E-state index is 13.0. The molecule has 2 aliphatic heterocycles. The second kappa shape index (κ2) is 7.87. The summed E-state index contributed by atoms with van der Waals surface area (Å²) in [5.74, 6) is -1.27. The van der Waals surface area contributed by atoms with Crippen molar-refractivity contribution in [2.24, 2.45) is 0 Å². The minimum atomic E-state index is -0.710. The van der Waals surface area contributed by atoms with Gasteiger partial charge in [0.05, 0.1) is 0 Å². The molecule has 25 heavy (non-hydrogen) atoms. The van der Waals surface area contributed by atoms with Crippen molar-refractivity contribution in [3.63, 3.8) is 0 Å². The lowest BCUT2D eigenvalue weighted by molar-refractivity contribution is -0.152. The summed E-state index contributed by atoms with van der Waals surface area (Å²) in [4.78, 5) is 27.6. The first-order valence-electron chi connectivity index (χ1n) is 8.03. The van der Waals surface area contributed by atoms with Crippen LogP contribution in [-0.4, -0.2) is 62.8 Å². The zero-order valence-electron chi connectivity index (χ0n) is 13.7. The van der Waals surface area contributed by atoms with Gasteiger partial charge in [-0.2, -0.15) is 0 Å². The van der Waals surface area contributed by atoms with Crippen molar-refractivity contribution in [1.82, 2.24) is 4.90 Å². The van der Waals surface area contributed by atoms with Crippen LogP contribution in [0.25, 0.3) is 0 Å². The van der Waals surface area contributed by atoms with Crippen LogP contribution in [0.1, 0.15) is 0 Å². The first kappa shape index (κ1) is 17.1. The number of hydrogen-bond acceptors (Lipinski definition) is 6. The van der Waals surface area contributed by atoms with E-state index in [2.05, 4.69) is 4.90 Å². The highest BCUT2D eigenvalue weighted by Gasteiger charge is 2.24. The molecule has 0 spiro atoms. The number of benzene rings is 1. The molecule has 0 bridgehead atoms. The lowest BCUT2D eigenvalue weighted by Gasteiger charge is -2.36. The molecule has 1 fully saturated rings. The van der Waals surface area contributed by atoms with E-state index in [9.17, 15) is 14.0 Å². The van der Waals surface area contributed by atoms with Gasteiger partial charge in [-0.25, -0.2) is 9.18 Å². The van der Waals surface area contributed by atoms with Crippen LogP contribution in [0.4, 0.5) is 10.1 Å². The van der Waals surface area contributed by atoms with Crippen LogP contribution in [0.2, 0.25) is 0 Å². The fourth-order valence-electron chi connectivity index (χ4n) is 2.63. The third-order valence-electron chi connectivity index (χ3n) is 4.00. The number of hydrogen-bond donors (Lipinski definition) is 0. The molecule has 8 heteroatoms. The second-order valence-corrected chi connectivity index (χ2v) is 5.62. The summed E-state index contributed by atoms with van der Waals surface area (Å²) in [7, 11) is 0. The number of piperazine rings is 1. The Kier molecular flexibility index (Phi) is 5.37. The van der Waals surface area contributed by atoms with Crippen molar-refractivity contribution in [1.29, 1.82) is 0 Å². The minimum Gasteiger partial charge on any atom is -0.493 e. The Morgan fingerprint density at radius 1 is 1.08 bits per heavy atom. The number of rotatable bonds is 4. The van der Waals surface area contributed by atoms with Gasteiger partial charge < -0.3 is 24.0 Å². The minimum absolute atomic E-state index is 0.0276. The highest BCUT2D eigenvalue weighted by atomic mass is 19.1. The molecule has 0 radical (unpaired) electrons. The van der Waals surface area contributed by atoms with Crippen molar-refractivity contribution < 1.29 is 28.2 Å². The SMILES string of the molecule is O=C(OCC(=O)N1CCN(c2ccc(F)cc2)CC1)C1=COCCO1. The molecule has 0 saturated carbocycles. The van der Waals surface area contributed by atoms with Gasteiger partial charge in [-0.05, 0) is 24.3 Å². The van der Waals surface area contributed by atoms with Gasteiger partial charge in [0.2, 0.25) is 5.76 Å². The molecule has 1 amide bonds. The van der Waals surface area contributed by atoms with Gasteiger partial charge in [-0.15, -0.1) is 0 Å². The van der Waals surface area contributed by atoms with E-state index in [0.717, 1.165) is 5.69 Å². The molecular formula is C17H19FN2O5. The van der Waals surface area contributed by atoms with E-state index >= 15 is 0 Å². The smallest absolute Gasteiger partial charge is 0.377 e. The Morgan fingerprint density at radius 3 is 2.44 bits per heavy atom. The number of nitrogens with zero attached hydrogens (tertiary/aromatic N) is 2. The highest BCUT2D eigenvalue weighted by molar-refractivity contribution is 5.88. The van der Waals surface area contributed by atoms with Gasteiger partial charge in [-0.3, -0.25) is 4.79 Å². The zero-order valence-corrected chi connectivity index (χ0v) is 13.7. The topological polar surface area (TPSA) is 68.3 Å². The van der Waals surface area contributed by atoms with Gasteiger partial charge in [0, 0.05) is 31.9 Å². The Bertz CT molecular complexity index is 654. The number of esters is 1. The van der Waals surface area contributed by atoms with Gasteiger partial charge >= 0.3 is 5.97 Å². The lowest BCUT2D eigenvalue weighted by atomic mass is 10.2. The molecule has 0 atom stereocenters. The Balaban J connectivity index is 1.44. The van der Waals surface area contributed by atoms with Crippen molar-refractivity contribution in [2.45, 2.75) is 0 Å². The molecule has 1 saturated heterocycles. The summed E-state index contributed by atoms with van der Waals surface area (Å²) >= 11 is 0. The molecule has 134 valence electrons. The molecule has 3 rings (SSSR count). The van der Waals surface area contributed by atoms with E-state index < -0.39 is 5.97 Å². The van der Waals surface area contributed by atoms with Gasteiger partial charge in [0.1, 0.15) is 25.3 Å². The normalized spacial score (nSPS) is 17.2. The predicted octanol–water partition coefficient (Wildman–Crippen LogP) is 0.906. The molecule has 1 aromatic carbocycles. The molecule has 2 heterocycles. The number of ether oxygens (including phenoxy) is 3. The molecular weight excluding hydrogens is 331 g/mol. The van der Waals surface area contributed by atoms with E-state index in [-0.39, 0.29) is 30.7 Å². The Labute approximate surface area is 144 Å². The summed E-state index contributed by atoms with van der Waals surface area (Å²) in [6.07, 6.45) is 1.19. The standard InChI is InChI=1S/C17H19FN2O5/c18-13-1-3-14(4-2-13)19-5-7-20(8-6-19)16(21)12-25-17(22)15-11-23-9-10-24-15/h1-4,11H,5-10,12H2. The number of anilines is 1. The summed E-state index contributed by atoms with van der Waals surface area (Å²) in [5, 5.41) is 0. The van der Waals surface area contributed by atoms with Crippen LogP contribution in [0.3, 0.4) is 0 Å². The molecule has 0 aromatic heterocycles. The van der Waals surface area contributed by atoms with Crippen molar-refractivity contribution in [3.05, 3.63) is 42.1 Å². The molecule has 1 aromatic rings. The molecule has 0 N–H and O–H groups in total. The molecule has 7 nitrogen and oxygen atoms in total. The van der Waals surface area contributed by atoms with E-state index in [1.165, 1.54) is 18.4 Å². The van der Waals surface area contributed by atoms with Crippen molar-refractivity contribution >= 4 is 17.6 Å². The van der Waals surface area contributed by atoms with Crippen LogP contribution >= 0.6 is 0 Å². The number of carbonyl (C=O) groups excluding carboxylic acids is 2. The Hall–Kier alpha value is -2.77. The van der Waals surface area contributed by atoms with Gasteiger partial charge in [0.25, 0.3) is 5.91 Å². The summed E-state index contributed by atoms with van der Waals surface area (Å²) in [6, 6.07) is 6.26. The second-order valence-electron chi connectivity index (χ2n) is 5.62. The average molecular weight is 350 g/mol. The van der Waals surface area contributed by atoms with Crippen LogP contribution < -0.4 is 4.90 Å². The van der Waals surface area contributed by atoms with Crippen LogP contribution in [-0.2, 0) is 23.8 Å². The van der Waals surface area contributed by atoms with E-state index in [1.807, 2.05) is 0 Å². The first-order chi connectivity index (χ1) is 12.1. The quantitative estimate of drug-likeness (QED) is 0.752. The first-order valence-corrected chi connectivity index (χ1v) is 8.03. The highest BCUT2D eigenvalue weighted by Crippen LogP contribution is 2.17. The van der Waals surface area contributed by atoms with E-state index in [1.54, 1.807) is 17.0 Å². The Morgan fingerprint density at radius 2 is 1.80 bits per heavy atom. The van der Waals surface area contributed by atoms with Crippen molar-refractivity contribution in [3.8, 4) is 0 Å². The maximum atomic E-state index is 13.0.